The van der Waals surface area contributed by atoms with E-state index >= 15 is 0 Å². The first-order valence-corrected chi connectivity index (χ1v) is 12.8. The van der Waals surface area contributed by atoms with Crippen molar-refractivity contribution < 1.29 is 24.3 Å². The van der Waals surface area contributed by atoms with E-state index in [4.69, 9.17) is 0 Å². The van der Waals surface area contributed by atoms with E-state index in [-0.39, 0.29) is 40.0 Å². The van der Waals surface area contributed by atoms with Gasteiger partial charge in [-0.1, -0.05) is 27.6 Å². The lowest BCUT2D eigenvalue weighted by molar-refractivity contribution is -0.145. The Bertz CT molecular complexity index is 1280. The molecule has 4 aliphatic rings. The summed E-state index contributed by atoms with van der Waals surface area (Å²) in [4.78, 5) is 54.6. The van der Waals surface area contributed by atoms with E-state index in [0.29, 0.717) is 23.1 Å². The summed E-state index contributed by atoms with van der Waals surface area (Å²) in [6.07, 6.45) is 3.81. The smallest absolute Gasteiger partial charge is 0.234 e. The molecular formula is C26H23Br2NO5. The third kappa shape index (κ3) is 3.33. The molecule has 0 unspecified atom stereocenters. The van der Waals surface area contributed by atoms with Crippen LogP contribution in [0.5, 0.6) is 5.75 Å². The molecule has 0 saturated carbocycles. The van der Waals surface area contributed by atoms with Gasteiger partial charge in [-0.2, -0.15) is 0 Å². The van der Waals surface area contributed by atoms with Gasteiger partial charge in [-0.05, 0) is 73.7 Å². The van der Waals surface area contributed by atoms with Gasteiger partial charge in [0.15, 0.2) is 11.6 Å². The minimum Gasteiger partial charge on any atom is -0.508 e. The number of hydrogen-bond donors (Lipinski definition) is 1. The number of nitrogens with zero attached hydrogens (tertiary/aromatic N) is 1. The van der Waals surface area contributed by atoms with Crippen LogP contribution < -0.4 is 0 Å². The molecule has 176 valence electrons. The van der Waals surface area contributed by atoms with Crippen LogP contribution in [0.1, 0.15) is 45.1 Å². The maximum atomic E-state index is 13.6. The third-order valence-electron chi connectivity index (χ3n) is 7.30. The number of allylic oxidation sites excluding steroid dienone is 6. The van der Waals surface area contributed by atoms with E-state index in [9.17, 15) is 24.3 Å². The van der Waals surface area contributed by atoms with Gasteiger partial charge in [-0.3, -0.25) is 24.1 Å². The summed E-state index contributed by atoms with van der Waals surface area (Å²) in [7, 11) is 0. The van der Waals surface area contributed by atoms with Gasteiger partial charge in [0.25, 0.3) is 0 Å². The molecule has 1 N–H and O–H groups in total. The number of amides is 2. The number of benzene rings is 1. The lowest BCUT2D eigenvalue weighted by atomic mass is 9.59. The standard InChI is InChI=1S/C26H23Br2NO5/c1-26(2,3)29-24(33)13-6-5-12-14(21(13)25(29)34)9-16-22(19(31)10-17(28)23(16)32)20(12)15-8-11(27)4-7-18(15)30/h4-5,7-8,10,13-14,20-21,30H,6,9H2,1-3H3/t13-,14+,20+,21-/m0/s1. The number of phenolic OH excluding ortho intramolecular Hbond substituents is 1. The Balaban J connectivity index is 1.71. The van der Waals surface area contributed by atoms with Crippen LogP contribution in [0.25, 0.3) is 0 Å². The molecule has 1 heterocycles. The van der Waals surface area contributed by atoms with Gasteiger partial charge in [-0.25, -0.2) is 0 Å². The van der Waals surface area contributed by atoms with Crippen LogP contribution in [-0.2, 0) is 19.2 Å². The maximum Gasteiger partial charge on any atom is 0.234 e. The fourth-order valence-electron chi connectivity index (χ4n) is 5.98. The number of phenols is 1. The molecule has 5 rings (SSSR count). The molecule has 2 amide bonds. The number of likely N-dealkylation sites (tertiary alicyclic amines) is 1. The number of hydrogen-bond acceptors (Lipinski definition) is 5. The monoisotopic (exact) mass is 587 g/mol. The van der Waals surface area contributed by atoms with E-state index in [1.165, 1.54) is 11.0 Å². The molecule has 34 heavy (non-hydrogen) atoms. The summed E-state index contributed by atoms with van der Waals surface area (Å²) in [6, 6.07) is 4.99. The topological polar surface area (TPSA) is 91.8 Å². The highest BCUT2D eigenvalue weighted by molar-refractivity contribution is 9.12. The van der Waals surface area contributed by atoms with E-state index < -0.39 is 29.2 Å². The Morgan fingerprint density at radius 2 is 1.74 bits per heavy atom. The van der Waals surface area contributed by atoms with Crippen LogP contribution in [0, 0.1) is 17.8 Å². The van der Waals surface area contributed by atoms with Crippen molar-refractivity contribution in [2.45, 2.75) is 45.1 Å². The Labute approximate surface area is 214 Å². The average Bonchev–Trinajstić information content (AvgIpc) is 3.02. The summed E-state index contributed by atoms with van der Waals surface area (Å²) in [5.41, 5.74) is 1.34. The SMILES string of the molecule is CC(C)(C)N1C(=O)[C@H]2[C@H](CC=C3[C@H](c4cc(Br)ccc4O)C4=C(C[C@H]32)C(=O)C(Br)=CC4=O)C1=O. The molecule has 1 aromatic rings. The molecule has 0 radical (unpaired) electrons. The number of carbonyl (C=O) groups is 4. The molecule has 1 aromatic carbocycles. The molecule has 6 nitrogen and oxygen atoms in total. The number of ketones is 2. The number of Topliss-reactive ketones (excluding diaryl/α,β-unsaturated/α-hetero) is 1. The Kier molecular flexibility index (Phi) is 5.41. The van der Waals surface area contributed by atoms with Crippen LogP contribution in [-0.4, -0.2) is 38.9 Å². The van der Waals surface area contributed by atoms with Gasteiger partial charge in [0, 0.05) is 38.7 Å². The summed E-state index contributed by atoms with van der Waals surface area (Å²) in [5.74, 6) is -3.19. The minimum atomic E-state index is -0.674. The minimum absolute atomic E-state index is 0.00253. The Hall–Kier alpha value is -2.32. The fourth-order valence-corrected chi connectivity index (χ4v) is 6.81. The summed E-state index contributed by atoms with van der Waals surface area (Å²) in [6.45, 7) is 5.51. The fraction of sp³-hybridized carbons (Fsp3) is 0.385. The van der Waals surface area contributed by atoms with Crippen LogP contribution in [0.2, 0.25) is 0 Å². The Morgan fingerprint density at radius 1 is 1.03 bits per heavy atom. The molecule has 0 bridgehead atoms. The molecule has 1 aliphatic heterocycles. The van der Waals surface area contributed by atoms with Crippen LogP contribution in [0.4, 0.5) is 0 Å². The molecule has 0 aromatic heterocycles. The normalized spacial score (nSPS) is 29.0. The first-order valence-electron chi connectivity index (χ1n) is 11.2. The van der Waals surface area contributed by atoms with E-state index in [1.807, 2.05) is 26.8 Å². The summed E-state index contributed by atoms with van der Waals surface area (Å²) in [5, 5.41) is 10.8. The highest BCUT2D eigenvalue weighted by Gasteiger charge is 2.58. The predicted octanol–water partition coefficient (Wildman–Crippen LogP) is 4.72. The quantitative estimate of drug-likeness (QED) is 0.291. The molecule has 4 atom stereocenters. The summed E-state index contributed by atoms with van der Waals surface area (Å²) >= 11 is 6.66. The van der Waals surface area contributed by atoms with Crippen LogP contribution in [0.15, 0.2) is 56.0 Å². The maximum absolute atomic E-state index is 13.6. The van der Waals surface area contributed by atoms with Crippen molar-refractivity contribution in [1.82, 2.24) is 4.90 Å². The van der Waals surface area contributed by atoms with Gasteiger partial charge in [0.1, 0.15) is 5.75 Å². The van der Waals surface area contributed by atoms with Gasteiger partial charge in [-0.15, -0.1) is 0 Å². The zero-order valence-corrected chi connectivity index (χ0v) is 22.1. The second kappa shape index (κ2) is 7.85. The Morgan fingerprint density at radius 3 is 2.41 bits per heavy atom. The van der Waals surface area contributed by atoms with E-state index in [1.54, 1.807) is 18.2 Å². The molecule has 0 spiro atoms. The zero-order valence-electron chi connectivity index (χ0n) is 18.9. The third-order valence-corrected chi connectivity index (χ3v) is 8.38. The predicted molar refractivity (Wildman–Crippen MR) is 132 cm³/mol. The van der Waals surface area contributed by atoms with Crippen LogP contribution in [0.3, 0.4) is 0 Å². The molecular weight excluding hydrogens is 566 g/mol. The molecule has 1 saturated heterocycles. The van der Waals surface area contributed by atoms with Crippen molar-refractivity contribution in [3.05, 3.63) is 61.6 Å². The van der Waals surface area contributed by atoms with Gasteiger partial charge in [0.05, 0.1) is 16.3 Å². The van der Waals surface area contributed by atoms with Crippen molar-refractivity contribution in [1.29, 1.82) is 0 Å². The summed E-state index contributed by atoms with van der Waals surface area (Å²) < 4.78 is 0.898. The van der Waals surface area contributed by atoms with Crippen molar-refractivity contribution in [3.8, 4) is 5.75 Å². The van der Waals surface area contributed by atoms with E-state index in [2.05, 4.69) is 31.9 Å². The number of halogens is 2. The molecule has 8 heteroatoms. The highest BCUT2D eigenvalue weighted by atomic mass is 79.9. The number of aromatic hydroxyl groups is 1. The average molecular weight is 589 g/mol. The van der Waals surface area contributed by atoms with E-state index in [0.717, 1.165) is 10.0 Å². The largest absolute Gasteiger partial charge is 0.508 e. The van der Waals surface area contributed by atoms with Crippen molar-refractivity contribution in [2.75, 3.05) is 0 Å². The first kappa shape index (κ1) is 23.4. The lowest BCUT2D eigenvalue weighted by Crippen LogP contribution is -2.46. The van der Waals surface area contributed by atoms with Gasteiger partial charge < -0.3 is 5.11 Å². The van der Waals surface area contributed by atoms with Crippen LogP contribution >= 0.6 is 31.9 Å². The molecule has 1 fully saturated rings. The molecule has 3 aliphatic carbocycles. The van der Waals surface area contributed by atoms with Gasteiger partial charge in [0.2, 0.25) is 11.8 Å². The van der Waals surface area contributed by atoms with Crippen molar-refractivity contribution >= 4 is 55.2 Å². The highest BCUT2D eigenvalue weighted by Crippen LogP contribution is 2.56. The zero-order chi connectivity index (χ0) is 24.7. The second-order valence-corrected chi connectivity index (χ2v) is 12.0. The first-order chi connectivity index (χ1) is 15.9. The number of rotatable bonds is 1. The van der Waals surface area contributed by atoms with Crippen molar-refractivity contribution in [3.63, 3.8) is 0 Å². The number of imide groups is 1. The number of carbonyl (C=O) groups excluding carboxylic acids is 4. The van der Waals surface area contributed by atoms with Crippen molar-refractivity contribution in [2.24, 2.45) is 17.8 Å². The number of fused-ring (bicyclic) bond motifs is 3. The second-order valence-electron chi connectivity index (χ2n) is 10.3. The lowest BCUT2D eigenvalue weighted by Gasteiger charge is -2.42. The van der Waals surface area contributed by atoms with Gasteiger partial charge >= 0.3 is 0 Å².